The number of fused-ring (bicyclic) bond motifs is 1. The first kappa shape index (κ1) is 31.9. The number of halogens is 3. The van der Waals surface area contributed by atoms with Crippen LogP contribution in [0, 0.1) is 30.3 Å². The number of carboxylic acid groups (broad SMARTS) is 1. The van der Waals surface area contributed by atoms with E-state index in [1.54, 1.807) is 31.2 Å². The first-order chi connectivity index (χ1) is 22.4. The molecule has 2 heterocycles. The van der Waals surface area contributed by atoms with E-state index in [4.69, 9.17) is 0 Å². The maximum atomic E-state index is 15.2. The number of carbonyl (C=O) groups excluding carboxylic acids is 1. The Morgan fingerprint density at radius 1 is 1.00 bits per heavy atom. The SMILES string of the molecule is Cc1ccc(S(=O)(=O)n2cc(-c3ncc(F)c(N[C@H]4CCC[C@@H](CC(=O)c5ccccc5C(=O)O)C4)n3)c3cc(F)cc(F)c32)cc1. The van der Waals surface area contributed by atoms with Gasteiger partial charge in [0.15, 0.2) is 29.1 Å². The molecule has 0 spiro atoms. The van der Waals surface area contributed by atoms with Gasteiger partial charge in [-0.25, -0.2) is 40.3 Å². The summed E-state index contributed by atoms with van der Waals surface area (Å²) in [6.45, 7) is 1.79. The Kier molecular flexibility index (Phi) is 8.58. The molecule has 1 aliphatic carbocycles. The first-order valence-electron chi connectivity index (χ1n) is 14.9. The lowest BCUT2D eigenvalue weighted by Crippen LogP contribution is -2.29. The highest BCUT2D eigenvalue weighted by atomic mass is 32.2. The highest BCUT2D eigenvalue weighted by molar-refractivity contribution is 7.90. The number of carboxylic acids is 1. The molecule has 0 saturated heterocycles. The molecule has 47 heavy (non-hydrogen) atoms. The summed E-state index contributed by atoms with van der Waals surface area (Å²) < 4.78 is 72.6. The number of aromatic carboxylic acids is 1. The summed E-state index contributed by atoms with van der Waals surface area (Å²) in [5.74, 6) is -4.79. The van der Waals surface area contributed by atoms with Gasteiger partial charge in [0, 0.05) is 41.2 Å². The minimum atomic E-state index is -4.34. The molecule has 2 atom stereocenters. The molecule has 1 fully saturated rings. The van der Waals surface area contributed by atoms with Gasteiger partial charge in [0.2, 0.25) is 0 Å². The Morgan fingerprint density at radius 3 is 2.45 bits per heavy atom. The van der Waals surface area contributed by atoms with E-state index in [1.165, 1.54) is 24.3 Å². The molecule has 0 radical (unpaired) electrons. The Bertz CT molecular complexity index is 2130. The molecule has 2 N–H and O–H groups in total. The van der Waals surface area contributed by atoms with Crippen LogP contribution in [0.1, 0.15) is 58.4 Å². The molecule has 0 unspecified atom stereocenters. The van der Waals surface area contributed by atoms with E-state index in [-0.39, 0.29) is 62.8 Å². The Balaban J connectivity index is 1.29. The van der Waals surface area contributed by atoms with Gasteiger partial charge in [-0.2, -0.15) is 0 Å². The van der Waals surface area contributed by atoms with E-state index >= 15 is 8.78 Å². The average Bonchev–Trinajstić information content (AvgIpc) is 3.43. The van der Waals surface area contributed by atoms with Crippen molar-refractivity contribution in [1.82, 2.24) is 13.9 Å². The lowest BCUT2D eigenvalue weighted by Gasteiger charge is -2.30. The number of carbonyl (C=O) groups is 2. The van der Waals surface area contributed by atoms with Crippen molar-refractivity contribution in [1.29, 1.82) is 0 Å². The summed E-state index contributed by atoms with van der Waals surface area (Å²) in [7, 11) is -4.34. The van der Waals surface area contributed by atoms with Crippen molar-refractivity contribution in [3.63, 3.8) is 0 Å². The minimum Gasteiger partial charge on any atom is -0.478 e. The van der Waals surface area contributed by atoms with Gasteiger partial charge in [-0.3, -0.25) is 4.79 Å². The molecule has 2 aromatic heterocycles. The average molecular weight is 663 g/mol. The molecule has 0 bridgehead atoms. The number of nitrogens with one attached hydrogen (secondary N) is 1. The zero-order chi connectivity index (χ0) is 33.5. The normalized spacial score (nSPS) is 16.7. The number of hydrogen-bond donors (Lipinski definition) is 2. The van der Waals surface area contributed by atoms with Crippen molar-refractivity contribution < 1.29 is 36.3 Å². The largest absolute Gasteiger partial charge is 0.478 e. The number of Topliss-reactive ketones (excluding diaryl/α,β-unsaturated/α-hetero) is 1. The van der Waals surface area contributed by atoms with Gasteiger partial charge >= 0.3 is 5.97 Å². The quantitative estimate of drug-likeness (QED) is 0.161. The third-order valence-electron chi connectivity index (χ3n) is 8.40. The zero-order valence-electron chi connectivity index (χ0n) is 25.1. The highest BCUT2D eigenvalue weighted by Crippen LogP contribution is 2.35. The van der Waals surface area contributed by atoms with Crippen LogP contribution in [0.3, 0.4) is 0 Å². The second-order valence-electron chi connectivity index (χ2n) is 11.7. The van der Waals surface area contributed by atoms with E-state index in [9.17, 15) is 27.5 Å². The van der Waals surface area contributed by atoms with Crippen LogP contribution < -0.4 is 5.32 Å². The van der Waals surface area contributed by atoms with Crippen molar-refractivity contribution in [2.24, 2.45) is 5.92 Å². The van der Waals surface area contributed by atoms with Gasteiger partial charge in [-0.1, -0.05) is 42.3 Å². The van der Waals surface area contributed by atoms with Crippen LogP contribution in [0.2, 0.25) is 0 Å². The molecule has 6 rings (SSSR count). The van der Waals surface area contributed by atoms with Crippen LogP contribution >= 0.6 is 0 Å². The maximum Gasteiger partial charge on any atom is 0.336 e. The Hall–Kier alpha value is -5.04. The van der Waals surface area contributed by atoms with E-state index in [2.05, 4.69) is 15.3 Å². The van der Waals surface area contributed by atoms with Crippen molar-refractivity contribution >= 4 is 38.5 Å². The van der Waals surface area contributed by atoms with Crippen molar-refractivity contribution in [3.05, 3.63) is 107 Å². The molecular weight excluding hydrogens is 633 g/mol. The smallest absolute Gasteiger partial charge is 0.336 e. The van der Waals surface area contributed by atoms with Gasteiger partial charge in [0.05, 0.1) is 16.7 Å². The van der Waals surface area contributed by atoms with Gasteiger partial charge in [0.1, 0.15) is 11.3 Å². The molecule has 3 aromatic carbocycles. The number of rotatable bonds is 9. The summed E-state index contributed by atoms with van der Waals surface area (Å²) in [6.07, 6.45) is 4.67. The summed E-state index contributed by atoms with van der Waals surface area (Å²) >= 11 is 0. The summed E-state index contributed by atoms with van der Waals surface area (Å²) in [6, 6.07) is 13.2. The van der Waals surface area contributed by atoms with Crippen molar-refractivity contribution in [2.75, 3.05) is 5.32 Å². The summed E-state index contributed by atoms with van der Waals surface area (Å²) in [4.78, 5) is 32.8. The fraction of sp³-hybridized carbons (Fsp3) is 0.235. The number of ketones is 1. The number of aryl methyl sites for hydroxylation is 1. The molecule has 5 aromatic rings. The number of anilines is 1. The standard InChI is InChI=1S/C34H29F3N4O5S/c1-19-9-11-23(12-10-19)47(45,46)41-18-27(26-15-21(35)16-28(36)31(26)41)32-38-17-29(37)33(40-32)39-22-6-4-5-20(13-22)14-30(42)24-7-2-3-8-25(24)34(43)44/h2-3,7-12,15-18,20,22H,4-6,13-14H2,1H3,(H,43,44)(H,38,39,40)/t20-,22+/m1/s1. The Morgan fingerprint density at radius 2 is 1.72 bits per heavy atom. The van der Waals surface area contributed by atoms with Crippen LogP contribution in [-0.2, 0) is 10.0 Å². The van der Waals surface area contributed by atoms with Crippen LogP contribution in [-0.4, -0.2) is 45.3 Å². The highest BCUT2D eigenvalue weighted by Gasteiger charge is 2.29. The molecule has 242 valence electrons. The van der Waals surface area contributed by atoms with Crippen LogP contribution in [0.5, 0.6) is 0 Å². The first-order valence-corrected chi connectivity index (χ1v) is 16.3. The van der Waals surface area contributed by atoms with Crippen molar-refractivity contribution in [2.45, 2.75) is 50.0 Å². The molecule has 13 heteroatoms. The third kappa shape index (κ3) is 6.35. The van der Waals surface area contributed by atoms with Crippen LogP contribution in [0.25, 0.3) is 22.3 Å². The molecule has 0 aliphatic heterocycles. The molecule has 1 saturated carbocycles. The fourth-order valence-electron chi connectivity index (χ4n) is 6.12. The number of nitrogens with zero attached hydrogens (tertiary/aromatic N) is 3. The van der Waals surface area contributed by atoms with Gasteiger partial charge in [0.25, 0.3) is 10.0 Å². The summed E-state index contributed by atoms with van der Waals surface area (Å²) in [5, 5.41) is 12.4. The number of aromatic nitrogens is 3. The second-order valence-corrected chi connectivity index (χ2v) is 13.5. The predicted molar refractivity (Wildman–Crippen MR) is 168 cm³/mol. The molecule has 9 nitrogen and oxygen atoms in total. The maximum absolute atomic E-state index is 15.2. The fourth-order valence-corrected chi connectivity index (χ4v) is 7.50. The topological polar surface area (TPSA) is 131 Å². The monoisotopic (exact) mass is 662 g/mol. The van der Waals surface area contributed by atoms with Gasteiger partial charge in [-0.15, -0.1) is 0 Å². The molecule has 0 amide bonds. The van der Waals surface area contributed by atoms with Crippen molar-refractivity contribution in [3.8, 4) is 11.4 Å². The minimum absolute atomic E-state index is 0.0265. The van der Waals surface area contributed by atoms with E-state index in [1.807, 2.05) is 0 Å². The molecule has 1 aliphatic rings. The lowest BCUT2D eigenvalue weighted by molar-refractivity contribution is 0.0691. The third-order valence-corrected chi connectivity index (χ3v) is 10.1. The Labute approximate surface area is 268 Å². The second kappa shape index (κ2) is 12.6. The van der Waals surface area contributed by atoms with E-state index in [0.29, 0.717) is 22.9 Å². The number of benzene rings is 3. The van der Waals surface area contributed by atoms with E-state index < -0.39 is 39.0 Å². The van der Waals surface area contributed by atoms with Gasteiger partial charge in [-0.05, 0) is 56.4 Å². The zero-order valence-corrected chi connectivity index (χ0v) is 25.9. The lowest BCUT2D eigenvalue weighted by atomic mass is 9.81. The van der Waals surface area contributed by atoms with Crippen LogP contribution in [0.4, 0.5) is 19.0 Å². The van der Waals surface area contributed by atoms with Gasteiger partial charge < -0.3 is 10.4 Å². The molecular formula is C34H29F3N4O5S. The summed E-state index contributed by atoms with van der Waals surface area (Å²) in [5.41, 5.74) is 0.453. The number of hydrogen-bond acceptors (Lipinski definition) is 7. The predicted octanol–water partition coefficient (Wildman–Crippen LogP) is 7.00. The van der Waals surface area contributed by atoms with E-state index in [0.717, 1.165) is 36.9 Å². The van der Waals surface area contributed by atoms with Crippen LogP contribution in [0.15, 0.2) is 78.0 Å².